The SMILES string of the molecule is Cc1cc(C(=O)NC2CCN(CC(F)(F)F)CC2)ccc1-c1ccc(C[C@H](NC(=O)C2CCC(CNC(=O)OC(C)(C)C)CC2)C(=O)Nc2ccc(/C(N)=N/NN)cc2)cc1.O=C(O)C(F)(F)F. The predicted molar refractivity (Wildman–Crippen MR) is 242 cm³/mol. The van der Waals surface area contributed by atoms with Crippen molar-refractivity contribution < 1.29 is 60.2 Å². The number of likely N-dealkylation sites (tertiary alicyclic amines) is 1. The zero-order chi connectivity index (χ0) is 50.4. The number of piperidine rings is 1. The summed E-state index contributed by atoms with van der Waals surface area (Å²) in [4.78, 5) is 63.0. The molecule has 0 radical (unpaired) electrons. The van der Waals surface area contributed by atoms with Gasteiger partial charge in [-0.3, -0.25) is 19.3 Å². The molecule has 4 amide bonds. The van der Waals surface area contributed by atoms with E-state index in [1.807, 2.05) is 37.3 Å². The molecular formula is C46H59F6N9O7. The van der Waals surface area contributed by atoms with Crippen LogP contribution < -0.4 is 38.4 Å². The van der Waals surface area contributed by atoms with E-state index in [4.69, 9.17) is 26.2 Å². The number of amidine groups is 1. The second-order valence-corrected chi connectivity index (χ2v) is 17.7. The first-order chi connectivity index (χ1) is 31.8. The van der Waals surface area contributed by atoms with Gasteiger partial charge in [-0.25, -0.2) is 21.0 Å². The van der Waals surface area contributed by atoms with Crippen molar-refractivity contribution in [2.24, 2.45) is 28.5 Å². The van der Waals surface area contributed by atoms with Gasteiger partial charge in [0.15, 0.2) is 5.84 Å². The number of nitrogens with zero attached hydrogens (tertiary/aromatic N) is 2. The molecule has 22 heteroatoms. The monoisotopic (exact) mass is 963 g/mol. The number of nitrogens with one attached hydrogen (secondary N) is 5. The van der Waals surface area contributed by atoms with Crippen molar-refractivity contribution in [3.8, 4) is 11.1 Å². The summed E-state index contributed by atoms with van der Waals surface area (Å²) in [5.41, 5.74) is 12.5. The zero-order valence-electron chi connectivity index (χ0n) is 38.2. The largest absolute Gasteiger partial charge is 0.490 e. The Morgan fingerprint density at radius 3 is 1.97 bits per heavy atom. The number of ether oxygens (including phenoxy) is 1. The number of amides is 4. The molecule has 2 aliphatic rings. The third-order valence-electron chi connectivity index (χ3n) is 11.2. The van der Waals surface area contributed by atoms with E-state index in [0.717, 1.165) is 35.1 Å². The standard InChI is InChI=1S/C44H58F3N9O5.C2HF3O2/c1-27-23-33(40(58)51-35-19-21-56(22-20-35)26-44(45,46)47)15-18-36(27)30-9-5-28(6-10-30)24-37(41(59)52-34-16-13-31(14-17-34)38(48)54-55-49)53-39(57)32-11-7-29(8-12-32)25-50-42(60)61-43(2,3)4;3-2(4,5)1(6)7/h5-6,9-10,13-18,23,29,32,35,37,55H,7-8,11-12,19-22,24-26,49H2,1-4H3,(H2,48,54)(H,50,60)(H,51,58)(H,52,59)(H,53,57);(H,6,7)/t29?,32?,37-;/m0./s1. The Morgan fingerprint density at radius 2 is 1.44 bits per heavy atom. The van der Waals surface area contributed by atoms with Gasteiger partial charge in [0, 0.05) is 54.8 Å². The number of carbonyl (C=O) groups excluding carboxylic acids is 4. The van der Waals surface area contributed by atoms with Gasteiger partial charge in [0.05, 0.1) is 6.54 Å². The van der Waals surface area contributed by atoms with E-state index in [1.165, 1.54) is 4.90 Å². The van der Waals surface area contributed by atoms with Crippen LogP contribution in [0.5, 0.6) is 0 Å². The lowest BCUT2D eigenvalue weighted by atomic mass is 9.81. The molecule has 1 saturated carbocycles. The van der Waals surface area contributed by atoms with Crippen LogP contribution in [0.4, 0.5) is 36.8 Å². The van der Waals surface area contributed by atoms with Crippen molar-refractivity contribution >= 4 is 41.3 Å². The highest BCUT2D eigenvalue weighted by atomic mass is 19.4. The van der Waals surface area contributed by atoms with Crippen LogP contribution in [0, 0.1) is 18.8 Å². The highest BCUT2D eigenvalue weighted by molar-refractivity contribution is 6.00. The van der Waals surface area contributed by atoms with Gasteiger partial charge in [-0.2, -0.15) is 26.3 Å². The predicted octanol–water partition coefficient (Wildman–Crippen LogP) is 6.13. The van der Waals surface area contributed by atoms with Crippen molar-refractivity contribution in [2.75, 3.05) is 31.5 Å². The molecule has 1 saturated heterocycles. The number of benzene rings is 3. The van der Waals surface area contributed by atoms with Crippen molar-refractivity contribution in [1.29, 1.82) is 0 Å². The quantitative estimate of drug-likeness (QED) is 0.0300. The van der Waals surface area contributed by atoms with E-state index in [1.54, 1.807) is 57.2 Å². The maximum atomic E-state index is 13.8. The number of alkyl carbamates (subject to hydrolysis) is 1. The number of aryl methyl sites for hydroxylation is 1. The van der Waals surface area contributed by atoms with E-state index in [9.17, 15) is 45.5 Å². The summed E-state index contributed by atoms with van der Waals surface area (Å²) in [6, 6.07) is 18.7. The first kappa shape index (κ1) is 54.2. The molecule has 0 spiro atoms. The lowest BCUT2D eigenvalue weighted by Crippen LogP contribution is -2.48. The number of halogens is 6. The molecular weight excluding hydrogens is 905 g/mol. The lowest BCUT2D eigenvalue weighted by molar-refractivity contribution is -0.192. The summed E-state index contributed by atoms with van der Waals surface area (Å²) in [7, 11) is 0. The first-order valence-electron chi connectivity index (χ1n) is 21.9. The van der Waals surface area contributed by atoms with Crippen LogP contribution in [0.15, 0.2) is 71.8 Å². The number of hydrogen-bond donors (Lipinski definition) is 8. The van der Waals surface area contributed by atoms with Crippen LogP contribution in [0.1, 0.15) is 86.3 Å². The van der Waals surface area contributed by atoms with Gasteiger partial charge in [-0.1, -0.05) is 30.3 Å². The molecule has 0 aromatic heterocycles. The Balaban J connectivity index is 0.00000133. The van der Waals surface area contributed by atoms with Gasteiger partial charge in [0.25, 0.3) is 5.91 Å². The van der Waals surface area contributed by atoms with Crippen LogP contribution >= 0.6 is 0 Å². The second-order valence-electron chi connectivity index (χ2n) is 17.7. The van der Waals surface area contributed by atoms with E-state index in [0.29, 0.717) is 49.0 Å². The second kappa shape index (κ2) is 24.0. The van der Waals surface area contributed by atoms with E-state index in [2.05, 4.69) is 31.9 Å². The average Bonchev–Trinajstić information content (AvgIpc) is 3.25. The number of carbonyl (C=O) groups is 5. The summed E-state index contributed by atoms with van der Waals surface area (Å²) in [5, 5.41) is 22.6. The number of rotatable bonds is 14. The smallest absolute Gasteiger partial charge is 0.475 e. The van der Waals surface area contributed by atoms with E-state index < -0.39 is 48.5 Å². The Hall–Kier alpha value is -6.42. The molecule has 0 unspecified atom stereocenters. The highest BCUT2D eigenvalue weighted by Crippen LogP contribution is 2.30. The zero-order valence-corrected chi connectivity index (χ0v) is 38.2. The van der Waals surface area contributed by atoms with E-state index in [-0.39, 0.29) is 55.0 Å². The average molecular weight is 964 g/mol. The lowest BCUT2D eigenvalue weighted by Gasteiger charge is -2.32. The normalized spacial score (nSPS) is 17.7. The minimum absolute atomic E-state index is 0.167. The number of alkyl halides is 6. The number of hydrazone groups is 1. The molecule has 5 rings (SSSR count). The number of carboxylic acids is 1. The van der Waals surface area contributed by atoms with Crippen LogP contribution in [-0.4, -0.2) is 102 Å². The summed E-state index contributed by atoms with van der Waals surface area (Å²) in [5.74, 6) is 1.68. The molecule has 2 fully saturated rings. The van der Waals surface area contributed by atoms with Crippen molar-refractivity contribution in [3.05, 3.63) is 89.0 Å². The van der Waals surface area contributed by atoms with Crippen molar-refractivity contribution in [3.63, 3.8) is 0 Å². The van der Waals surface area contributed by atoms with Gasteiger partial charge >= 0.3 is 24.4 Å². The Kier molecular flexibility index (Phi) is 19.2. The van der Waals surface area contributed by atoms with Gasteiger partial charge in [-0.15, -0.1) is 5.10 Å². The Labute approximate surface area is 389 Å². The van der Waals surface area contributed by atoms with Gasteiger partial charge in [0.1, 0.15) is 11.6 Å². The highest BCUT2D eigenvalue weighted by Gasteiger charge is 2.38. The summed E-state index contributed by atoms with van der Waals surface area (Å²) in [6.07, 6.45) is -5.99. The first-order valence-corrected chi connectivity index (χ1v) is 21.9. The molecule has 1 aliphatic carbocycles. The van der Waals surface area contributed by atoms with Crippen LogP contribution in [0.2, 0.25) is 0 Å². The fraction of sp³-hybridized carbons (Fsp3) is 0.478. The number of nitrogens with two attached hydrogens (primary N) is 2. The molecule has 372 valence electrons. The summed E-state index contributed by atoms with van der Waals surface area (Å²) in [6.45, 7) is 7.37. The topological polar surface area (TPSA) is 243 Å². The minimum atomic E-state index is -5.08. The maximum Gasteiger partial charge on any atom is 0.490 e. The minimum Gasteiger partial charge on any atom is -0.475 e. The number of hydrogen-bond acceptors (Lipinski definition) is 10. The van der Waals surface area contributed by atoms with Crippen LogP contribution in [0.3, 0.4) is 0 Å². The number of carboxylic acid groups (broad SMARTS) is 1. The molecule has 10 N–H and O–H groups in total. The molecule has 16 nitrogen and oxygen atoms in total. The molecule has 1 heterocycles. The van der Waals surface area contributed by atoms with Gasteiger partial charge < -0.3 is 36.8 Å². The third kappa shape index (κ3) is 18.0. The number of anilines is 1. The van der Waals surface area contributed by atoms with E-state index >= 15 is 0 Å². The van der Waals surface area contributed by atoms with Crippen molar-refractivity contribution in [1.82, 2.24) is 26.4 Å². The third-order valence-corrected chi connectivity index (χ3v) is 11.2. The molecule has 68 heavy (non-hydrogen) atoms. The van der Waals surface area contributed by atoms with Crippen LogP contribution in [0.25, 0.3) is 11.1 Å². The molecule has 1 aliphatic heterocycles. The Bertz CT molecular complexity index is 2220. The molecule has 0 bridgehead atoms. The maximum absolute atomic E-state index is 13.8. The molecule has 3 aromatic carbocycles. The van der Waals surface area contributed by atoms with Gasteiger partial charge in [-0.05, 0) is 131 Å². The van der Waals surface area contributed by atoms with Gasteiger partial charge in [0.2, 0.25) is 11.8 Å². The summed E-state index contributed by atoms with van der Waals surface area (Å²) >= 11 is 0. The Morgan fingerprint density at radius 1 is 0.853 bits per heavy atom. The molecule has 3 aromatic rings. The van der Waals surface area contributed by atoms with Crippen LogP contribution in [-0.2, 0) is 25.5 Å². The number of aliphatic carboxylic acids is 1. The number of hydrazine groups is 1. The summed E-state index contributed by atoms with van der Waals surface area (Å²) < 4.78 is 75.4. The molecule has 1 atom stereocenters. The van der Waals surface area contributed by atoms with Crippen molar-refractivity contribution in [2.45, 2.75) is 103 Å². The fourth-order valence-corrected chi connectivity index (χ4v) is 7.70. The fourth-order valence-electron chi connectivity index (χ4n) is 7.70.